The molecule has 0 aliphatic carbocycles. The van der Waals surface area contributed by atoms with E-state index in [0.717, 1.165) is 31.2 Å². The zero-order valence-electron chi connectivity index (χ0n) is 14.0. The van der Waals surface area contributed by atoms with E-state index in [1.165, 1.54) is 6.92 Å². The van der Waals surface area contributed by atoms with Crippen LogP contribution < -0.4 is 5.32 Å². The molecule has 0 aliphatic heterocycles. The summed E-state index contributed by atoms with van der Waals surface area (Å²) in [4.78, 5) is 22.4. The van der Waals surface area contributed by atoms with Crippen LogP contribution in [0.15, 0.2) is 29.8 Å². The van der Waals surface area contributed by atoms with Gasteiger partial charge >= 0.3 is 12.0 Å². The van der Waals surface area contributed by atoms with Crippen molar-refractivity contribution in [2.45, 2.75) is 45.1 Å². The monoisotopic (exact) mass is 421 g/mol. The quantitative estimate of drug-likeness (QED) is 0.219. The molecule has 0 aromatic heterocycles. The summed E-state index contributed by atoms with van der Waals surface area (Å²) in [6.45, 7) is 1.44. The normalized spacial score (nSPS) is 12.1. The van der Waals surface area contributed by atoms with E-state index >= 15 is 0 Å². The predicted molar refractivity (Wildman–Crippen MR) is 108 cm³/mol. The molecule has 25 heavy (non-hydrogen) atoms. The van der Waals surface area contributed by atoms with Gasteiger partial charge in [-0.3, -0.25) is 4.79 Å². The Balaban J connectivity index is 2.51. The van der Waals surface area contributed by atoms with Crippen molar-refractivity contribution in [2.24, 2.45) is 0 Å². The number of carboxylic acid groups (broad SMARTS) is 1. The van der Waals surface area contributed by atoms with E-state index in [1.807, 2.05) is 0 Å². The van der Waals surface area contributed by atoms with Crippen LogP contribution in [-0.2, 0) is 9.59 Å². The summed E-state index contributed by atoms with van der Waals surface area (Å²) in [6.07, 6.45) is 5.63. The summed E-state index contributed by atoms with van der Waals surface area (Å²) in [6, 6.07) is 5.14. The number of nitrogens with one attached hydrogen (secondary N) is 1. The molecule has 0 saturated heterocycles. The minimum atomic E-state index is -2.54. The molecule has 0 spiro atoms. The van der Waals surface area contributed by atoms with Crippen molar-refractivity contribution in [3.63, 3.8) is 0 Å². The molecule has 1 aromatic rings. The lowest BCUT2D eigenvalue weighted by Crippen LogP contribution is -2.07. The molecule has 1 amide bonds. The van der Waals surface area contributed by atoms with Gasteiger partial charge in [-0.15, -0.1) is 33.2 Å². The van der Waals surface area contributed by atoms with Crippen LogP contribution >= 0.6 is 33.2 Å². The number of anilines is 1. The average molecular weight is 423 g/mol. The van der Waals surface area contributed by atoms with Gasteiger partial charge in [-0.1, -0.05) is 31.4 Å². The second-order valence-electron chi connectivity index (χ2n) is 5.81. The number of amides is 1. The molecule has 0 unspecified atom stereocenters. The summed E-state index contributed by atoms with van der Waals surface area (Å²) >= 11 is 17.5. The van der Waals surface area contributed by atoms with E-state index < -0.39 is 12.0 Å². The van der Waals surface area contributed by atoms with Gasteiger partial charge in [0.2, 0.25) is 5.91 Å². The SMILES string of the molecule is CC(=O)Nc1ccc(/C=C(\CCCCCC[Si](Cl)(Cl)Cl)C(=O)O)cc1. The second-order valence-corrected chi connectivity index (χ2v) is 15.1. The first kappa shape index (κ1) is 22.0. The lowest BCUT2D eigenvalue weighted by atomic mass is 10.0. The van der Waals surface area contributed by atoms with Gasteiger partial charge < -0.3 is 10.4 Å². The molecule has 1 rings (SSSR count). The highest BCUT2D eigenvalue weighted by atomic mass is 35.8. The van der Waals surface area contributed by atoms with Crippen LogP contribution in [0.1, 0.15) is 44.6 Å². The fraction of sp³-hybridized carbons (Fsp3) is 0.412. The molecular weight excluding hydrogens is 401 g/mol. The summed E-state index contributed by atoms with van der Waals surface area (Å²) in [5.74, 6) is -1.06. The van der Waals surface area contributed by atoms with Gasteiger partial charge in [0.05, 0.1) is 0 Å². The van der Waals surface area contributed by atoms with Crippen molar-refractivity contribution >= 4 is 62.9 Å². The fourth-order valence-corrected chi connectivity index (χ4v) is 4.16. The van der Waals surface area contributed by atoms with E-state index in [2.05, 4.69) is 5.32 Å². The van der Waals surface area contributed by atoms with E-state index in [9.17, 15) is 14.7 Å². The van der Waals surface area contributed by atoms with Crippen LogP contribution in [-0.4, -0.2) is 23.0 Å². The number of hydrogen-bond donors (Lipinski definition) is 2. The molecule has 0 saturated carbocycles. The average Bonchev–Trinajstić information content (AvgIpc) is 2.49. The molecule has 138 valence electrons. The Labute approximate surface area is 163 Å². The van der Waals surface area contributed by atoms with E-state index in [1.54, 1.807) is 30.3 Å². The van der Waals surface area contributed by atoms with Crippen molar-refractivity contribution in [2.75, 3.05) is 5.32 Å². The highest BCUT2D eigenvalue weighted by Gasteiger charge is 2.23. The Morgan fingerprint density at radius 2 is 1.68 bits per heavy atom. The van der Waals surface area contributed by atoms with Crippen LogP contribution in [0.5, 0.6) is 0 Å². The Morgan fingerprint density at radius 3 is 2.20 bits per heavy atom. The highest BCUT2D eigenvalue weighted by molar-refractivity contribution is 7.64. The maximum atomic E-state index is 11.4. The maximum Gasteiger partial charge on any atom is 0.341 e. The lowest BCUT2D eigenvalue weighted by molar-refractivity contribution is -0.132. The van der Waals surface area contributed by atoms with Crippen molar-refractivity contribution < 1.29 is 14.7 Å². The second kappa shape index (κ2) is 10.9. The van der Waals surface area contributed by atoms with Crippen molar-refractivity contribution in [1.82, 2.24) is 0 Å². The van der Waals surface area contributed by atoms with Gasteiger partial charge in [-0.05, 0) is 42.7 Å². The number of hydrogen-bond acceptors (Lipinski definition) is 2. The predicted octanol–water partition coefficient (Wildman–Crippen LogP) is 5.72. The summed E-state index contributed by atoms with van der Waals surface area (Å²) in [7, 11) is 0. The van der Waals surface area contributed by atoms with Gasteiger partial charge in [-0.2, -0.15) is 0 Å². The summed E-state index contributed by atoms with van der Waals surface area (Å²) in [5.41, 5.74) is 1.83. The van der Waals surface area contributed by atoms with Crippen molar-refractivity contribution in [1.29, 1.82) is 0 Å². The number of benzene rings is 1. The third-order valence-corrected chi connectivity index (χ3v) is 6.12. The number of carboxylic acids is 1. The zero-order chi connectivity index (χ0) is 18.9. The first-order chi connectivity index (χ1) is 11.7. The molecule has 4 nitrogen and oxygen atoms in total. The number of carbonyl (C=O) groups is 2. The molecule has 0 radical (unpaired) electrons. The first-order valence-electron chi connectivity index (χ1n) is 8.05. The van der Waals surface area contributed by atoms with Crippen LogP contribution in [0.2, 0.25) is 6.04 Å². The molecule has 1 aromatic carbocycles. The van der Waals surface area contributed by atoms with Crippen LogP contribution in [0, 0.1) is 0 Å². The van der Waals surface area contributed by atoms with Crippen molar-refractivity contribution in [3.05, 3.63) is 35.4 Å². The van der Waals surface area contributed by atoms with Gasteiger partial charge in [0.1, 0.15) is 0 Å². The highest BCUT2D eigenvalue weighted by Crippen LogP contribution is 2.27. The molecular formula is C17H22Cl3NO3Si. The topological polar surface area (TPSA) is 66.4 Å². The van der Waals surface area contributed by atoms with Gasteiger partial charge in [0.15, 0.2) is 0 Å². The Hall–Kier alpha value is -1.01. The minimum Gasteiger partial charge on any atom is -0.478 e. The molecule has 0 aliphatic rings. The minimum absolute atomic E-state index is 0.146. The first-order valence-corrected chi connectivity index (χ1v) is 13.3. The van der Waals surface area contributed by atoms with Crippen LogP contribution in [0.3, 0.4) is 0 Å². The Kier molecular flexibility index (Phi) is 9.57. The van der Waals surface area contributed by atoms with Gasteiger partial charge in [0, 0.05) is 18.2 Å². The third-order valence-electron chi connectivity index (χ3n) is 3.50. The number of aliphatic carboxylic acids is 1. The molecule has 0 heterocycles. The van der Waals surface area contributed by atoms with Crippen LogP contribution in [0.25, 0.3) is 6.08 Å². The Morgan fingerprint density at radius 1 is 1.08 bits per heavy atom. The van der Waals surface area contributed by atoms with E-state index in [4.69, 9.17) is 33.2 Å². The number of carbonyl (C=O) groups excluding carboxylic acids is 1. The largest absolute Gasteiger partial charge is 0.478 e. The number of unbranched alkanes of at least 4 members (excludes halogenated alkanes) is 3. The fourth-order valence-electron chi connectivity index (χ4n) is 2.30. The van der Waals surface area contributed by atoms with Crippen LogP contribution in [0.4, 0.5) is 5.69 Å². The number of halogens is 3. The maximum absolute atomic E-state index is 11.4. The van der Waals surface area contributed by atoms with Gasteiger partial charge in [-0.25, -0.2) is 4.79 Å². The Bertz CT molecular complexity index is 613. The van der Waals surface area contributed by atoms with E-state index in [-0.39, 0.29) is 5.91 Å². The molecule has 0 atom stereocenters. The summed E-state index contributed by atoms with van der Waals surface area (Å²) in [5, 5.41) is 12.0. The molecule has 2 N–H and O–H groups in total. The smallest absolute Gasteiger partial charge is 0.341 e. The molecule has 8 heteroatoms. The molecule has 0 fully saturated rings. The third kappa shape index (κ3) is 10.5. The lowest BCUT2D eigenvalue weighted by Gasteiger charge is -2.07. The summed E-state index contributed by atoms with van der Waals surface area (Å²) < 4.78 is 0. The molecule has 0 bridgehead atoms. The van der Waals surface area contributed by atoms with Gasteiger partial charge in [0.25, 0.3) is 0 Å². The van der Waals surface area contributed by atoms with Crippen molar-refractivity contribution in [3.8, 4) is 0 Å². The van der Waals surface area contributed by atoms with E-state index in [0.29, 0.717) is 23.7 Å². The zero-order valence-corrected chi connectivity index (χ0v) is 17.3. The number of rotatable bonds is 10. The standard InChI is InChI=1S/C17H22Cl3NO3Si/c1-13(22)21-16-9-7-14(8-10-16)12-15(17(23)24)6-4-2-3-5-11-25(18,19)20/h7-10,12H,2-6,11H2,1H3,(H,21,22)(H,23,24)/b15-12+.